The van der Waals surface area contributed by atoms with E-state index in [1.807, 2.05) is 37.3 Å². The number of hydrogen-bond acceptors (Lipinski definition) is 5. The van der Waals surface area contributed by atoms with Crippen LogP contribution >= 0.6 is 0 Å². The van der Waals surface area contributed by atoms with Gasteiger partial charge in [0.1, 0.15) is 11.3 Å². The van der Waals surface area contributed by atoms with Crippen molar-refractivity contribution in [1.82, 2.24) is 5.32 Å². The summed E-state index contributed by atoms with van der Waals surface area (Å²) in [4.78, 5) is 12.4. The highest BCUT2D eigenvalue weighted by Gasteiger charge is 2.16. The Morgan fingerprint density at radius 2 is 1.75 bits per heavy atom. The van der Waals surface area contributed by atoms with Crippen molar-refractivity contribution in [3.05, 3.63) is 48.2 Å². The highest BCUT2D eigenvalue weighted by Crippen LogP contribution is 2.39. The number of carbonyl (C=O) groups excluding carboxylic acids is 1. The van der Waals surface area contributed by atoms with E-state index in [2.05, 4.69) is 19.2 Å². The number of fused-ring (bicyclic) bond motifs is 1. The molecule has 32 heavy (non-hydrogen) atoms. The number of methoxy groups -OCH3 is 3. The van der Waals surface area contributed by atoms with Crippen LogP contribution in [-0.2, 0) is 4.79 Å². The van der Waals surface area contributed by atoms with Gasteiger partial charge in [-0.1, -0.05) is 19.9 Å². The van der Waals surface area contributed by atoms with E-state index in [0.29, 0.717) is 35.3 Å². The van der Waals surface area contributed by atoms with Gasteiger partial charge in [-0.2, -0.15) is 0 Å². The predicted octanol–water partition coefficient (Wildman–Crippen LogP) is 5.69. The predicted molar refractivity (Wildman–Crippen MR) is 127 cm³/mol. The fraction of sp³-hybridized carbons (Fsp3) is 0.346. The number of ether oxygens (including phenoxy) is 3. The Morgan fingerprint density at radius 3 is 2.41 bits per heavy atom. The molecule has 1 heterocycles. The largest absolute Gasteiger partial charge is 0.496 e. The van der Waals surface area contributed by atoms with Crippen molar-refractivity contribution >= 4 is 22.4 Å². The van der Waals surface area contributed by atoms with Crippen LogP contribution in [0.25, 0.3) is 27.7 Å². The molecule has 170 valence electrons. The van der Waals surface area contributed by atoms with Gasteiger partial charge in [-0.15, -0.1) is 0 Å². The number of allylic oxidation sites excluding steroid dienone is 1. The molecule has 1 amide bonds. The van der Waals surface area contributed by atoms with Crippen LogP contribution in [0.15, 0.2) is 47.1 Å². The zero-order valence-corrected chi connectivity index (χ0v) is 19.6. The summed E-state index contributed by atoms with van der Waals surface area (Å²) in [7, 11) is 4.83. The van der Waals surface area contributed by atoms with E-state index in [9.17, 15) is 4.79 Å². The molecule has 0 bridgehead atoms. The van der Waals surface area contributed by atoms with Crippen molar-refractivity contribution < 1.29 is 23.4 Å². The Morgan fingerprint density at radius 1 is 1.03 bits per heavy atom. The minimum Gasteiger partial charge on any atom is -0.496 e. The summed E-state index contributed by atoms with van der Waals surface area (Å²) < 4.78 is 22.2. The number of benzene rings is 2. The number of furan rings is 1. The van der Waals surface area contributed by atoms with Crippen LogP contribution in [0.4, 0.5) is 0 Å². The molecular formula is C26H31NO5. The lowest BCUT2D eigenvalue weighted by Gasteiger charge is -2.11. The molecule has 0 fully saturated rings. The molecule has 1 N–H and O–H groups in total. The second kappa shape index (κ2) is 10.3. The Kier molecular flexibility index (Phi) is 7.46. The van der Waals surface area contributed by atoms with Gasteiger partial charge >= 0.3 is 0 Å². The van der Waals surface area contributed by atoms with Crippen LogP contribution < -0.4 is 19.5 Å². The van der Waals surface area contributed by atoms with E-state index in [1.165, 1.54) is 0 Å². The maximum atomic E-state index is 12.4. The third-order valence-corrected chi connectivity index (χ3v) is 5.38. The van der Waals surface area contributed by atoms with Gasteiger partial charge in [0, 0.05) is 35.2 Å². The van der Waals surface area contributed by atoms with Crippen molar-refractivity contribution in [3.63, 3.8) is 0 Å². The van der Waals surface area contributed by atoms with Gasteiger partial charge in [0.15, 0.2) is 11.5 Å². The van der Waals surface area contributed by atoms with Crippen molar-refractivity contribution in [2.75, 3.05) is 27.9 Å². The molecule has 0 saturated carbocycles. The van der Waals surface area contributed by atoms with E-state index < -0.39 is 0 Å². The average Bonchev–Trinajstić information content (AvgIpc) is 3.20. The molecule has 3 rings (SSSR count). The number of nitrogens with one attached hydrogen (secondary N) is 1. The first-order valence-corrected chi connectivity index (χ1v) is 10.7. The van der Waals surface area contributed by atoms with Crippen LogP contribution in [0.5, 0.6) is 17.2 Å². The van der Waals surface area contributed by atoms with Gasteiger partial charge < -0.3 is 23.9 Å². The molecule has 0 aliphatic heterocycles. The minimum atomic E-state index is -0.113. The zero-order chi connectivity index (χ0) is 23.3. The molecule has 6 nitrogen and oxygen atoms in total. The maximum Gasteiger partial charge on any atom is 0.244 e. The number of carbonyl (C=O) groups is 1. The van der Waals surface area contributed by atoms with Crippen molar-refractivity contribution in [3.8, 4) is 28.4 Å². The number of amides is 1. The monoisotopic (exact) mass is 437 g/mol. The van der Waals surface area contributed by atoms with E-state index >= 15 is 0 Å². The second-order valence-corrected chi connectivity index (χ2v) is 8.07. The minimum absolute atomic E-state index is 0.113. The van der Waals surface area contributed by atoms with Crippen LogP contribution in [0.2, 0.25) is 0 Å². The molecule has 0 atom stereocenters. The average molecular weight is 438 g/mol. The highest BCUT2D eigenvalue weighted by atomic mass is 16.5. The lowest BCUT2D eigenvalue weighted by molar-refractivity contribution is -0.116. The lowest BCUT2D eigenvalue weighted by Crippen LogP contribution is -2.23. The summed E-state index contributed by atoms with van der Waals surface area (Å²) in [5.41, 5.74) is 4.20. The third-order valence-electron chi connectivity index (χ3n) is 5.38. The van der Waals surface area contributed by atoms with E-state index in [1.54, 1.807) is 33.7 Å². The van der Waals surface area contributed by atoms with Crippen LogP contribution in [0.1, 0.15) is 32.8 Å². The van der Waals surface area contributed by atoms with Gasteiger partial charge in [0.25, 0.3) is 0 Å². The van der Waals surface area contributed by atoms with E-state index in [-0.39, 0.29) is 5.91 Å². The first kappa shape index (κ1) is 23.3. The lowest BCUT2D eigenvalue weighted by atomic mass is 9.99. The van der Waals surface area contributed by atoms with Crippen LogP contribution in [0.3, 0.4) is 0 Å². The maximum absolute atomic E-state index is 12.4. The molecule has 6 heteroatoms. The molecule has 0 saturated heterocycles. The smallest absolute Gasteiger partial charge is 0.244 e. The fourth-order valence-corrected chi connectivity index (χ4v) is 3.57. The molecule has 0 spiro atoms. The summed E-state index contributed by atoms with van der Waals surface area (Å²) in [5.74, 6) is 2.38. The normalized spacial score (nSPS) is 11.7. The number of hydrogen-bond donors (Lipinski definition) is 1. The molecular weight excluding hydrogens is 406 g/mol. The van der Waals surface area contributed by atoms with Crippen molar-refractivity contribution in [2.45, 2.75) is 27.2 Å². The van der Waals surface area contributed by atoms with Gasteiger partial charge in [0.05, 0.1) is 27.6 Å². The molecule has 0 aliphatic carbocycles. The van der Waals surface area contributed by atoms with Crippen LogP contribution in [-0.4, -0.2) is 33.8 Å². The van der Waals surface area contributed by atoms with Gasteiger partial charge in [-0.05, 0) is 48.6 Å². The summed E-state index contributed by atoms with van der Waals surface area (Å²) in [5, 5.41) is 3.86. The Hall–Kier alpha value is -3.41. The Balaban J connectivity index is 2.00. The van der Waals surface area contributed by atoms with E-state index in [4.69, 9.17) is 18.6 Å². The SMILES string of the molecule is COc1ccc(-c2coc3cc(OC)c(/C(C)=C/C(=O)NCCC(C)C)cc23)cc1OC. The summed E-state index contributed by atoms with van der Waals surface area (Å²) in [6.45, 7) is 6.83. The summed E-state index contributed by atoms with van der Waals surface area (Å²) in [6, 6.07) is 9.59. The fourth-order valence-electron chi connectivity index (χ4n) is 3.57. The Bertz CT molecular complexity index is 1130. The molecule has 0 radical (unpaired) electrons. The van der Waals surface area contributed by atoms with Crippen molar-refractivity contribution in [1.29, 1.82) is 0 Å². The van der Waals surface area contributed by atoms with Crippen molar-refractivity contribution in [2.24, 2.45) is 5.92 Å². The summed E-state index contributed by atoms with van der Waals surface area (Å²) >= 11 is 0. The molecule has 2 aromatic carbocycles. The Labute approximate surface area is 189 Å². The van der Waals surface area contributed by atoms with Gasteiger partial charge in [0.2, 0.25) is 5.91 Å². The molecule has 0 unspecified atom stereocenters. The zero-order valence-electron chi connectivity index (χ0n) is 19.6. The summed E-state index contributed by atoms with van der Waals surface area (Å²) in [6.07, 6.45) is 4.27. The first-order valence-electron chi connectivity index (χ1n) is 10.7. The molecule has 1 aromatic heterocycles. The highest BCUT2D eigenvalue weighted by molar-refractivity contribution is 6.00. The third kappa shape index (κ3) is 5.07. The molecule has 3 aromatic rings. The second-order valence-electron chi connectivity index (χ2n) is 8.07. The van der Waals surface area contributed by atoms with E-state index in [0.717, 1.165) is 34.1 Å². The standard InChI is InChI=1S/C26H31NO5/c1-16(2)9-10-27-26(28)11-17(3)19-13-20-21(15-32-24(20)14-23(19)30-5)18-7-8-22(29-4)25(12-18)31-6/h7-8,11-16H,9-10H2,1-6H3,(H,27,28)/b17-11+. The molecule has 0 aliphatic rings. The number of rotatable bonds is 9. The van der Waals surface area contributed by atoms with Gasteiger partial charge in [-0.25, -0.2) is 0 Å². The van der Waals surface area contributed by atoms with Gasteiger partial charge in [-0.3, -0.25) is 4.79 Å². The topological polar surface area (TPSA) is 69.9 Å². The first-order chi connectivity index (χ1) is 15.4. The quantitative estimate of drug-likeness (QED) is 0.436. The van der Waals surface area contributed by atoms with Crippen LogP contribution in [0, 0.1) is 5.92 Å².